The van der Waals surface area contributed by atoms with Gasteiger partial charge in [0, 0.05) is 31.3 Å². The van der Waals surface area contributed by atoms with Crippen molar-refractivity contribution in [2.24, 2.45) is 0 Å². The number of amides is 1. The van der Waals surface area contributed by atoms with Gasteiger partial charge in [-0.05, 0) is 29.8 Å². The Bertz CT molecular complexity index is 715. The minimum absolute atomic E-state index is 0.0176. The lowest BCUT2D eigenvalue weighted by Gasteiger charge is -2.15. The van der Waals surface area contributed by atoms with Crippen molar-refractivity contribution in [3.05, 3.63) is 69.8 Å². The molecule has 0 aliphatic rings. The molecule has 0 atom stereocenters. The number of hydrogen-bond acceptors (Lipinski definition) is 5. The summed E-state index contributed by atoms with van der Waals surface area (Å²) in [5, 5.41) is 19.6. The van der Waals surface area contributed by atoms with E-state index < -0.39 is 4.92 Å². The second-order valence-electron chi connectivity index (χ2n) is 5.19. The Balaban J connectivity index is 1.98. The maximum Gasteiger partial charge on any atom is 0.269 e. The second kappa shape index (κ2) is 8.07. The van der Waals surface area contributed by atoms with Gasteiger partial charge in [-0.15, -0.1) is 0 Å². The van der Waals surface area contributed by atoms with Gasteiger partial charge in [0.25, 0.3) is 11.6 Å². The van der Waals surface area contributed by atoms with Crippen molar-refractivity contribution in [1.29, 1.82) is 0 Å². The van der Waals surface area contributed by atoms with E-state index in [-0.39, 0.29) is 31.4 Å². The summed E-state index contributed by atoms with van der Waals surface area (Å²) < 4.78 is 5.58. The van der Waals surface area contributed by atoms with Crippen molar-refractivity contribution in [3.63, 3.8) is 0 Å². The zero-order chi connectivity index (χ0) is 17.5. The van der Waals surface area contributed by atoms with Crippen molar-refractivity contribution in [2.45, 2.75) is 6.61 Å². The number of hydrogen-bond donors (Lipinski definition) is 1. The molecule has 0 bridgehead atoms. The van der Waals surface area contributed by atoms with Crippen molar-refractivity contribution in [3.8, 4) is 5.75 Å². The van der Waals surface area contributed by atoms with Crippen LogP contribution in [-0.2, 0) is 6.61 Å². The van der Waals surface area contributed by atoms with Crippen LogP contribution in [0.15, 0.2) is 48.5 Å². The van der Waals surface area contributed by atoms with Crippen LogP contribution < -0.4 is 4.74 Å². The second-order valence-corrected chi connectivity index (χ2v) is 5.19. The molecule has 7 nitrogen and oxygen atoms in total. The van der Waals surface area contributed by atoms with Gasteiger partial charge in [0.05, 0.1) is 11.5 Å². The number of aliphatic hydroxyl groups excluding tert-OH is 1. The molecule has 2 aromatic carbocycles. The molecule has 0 radical (unpaired) electrons. The van der Waals surface area contributed by atoms with E-state index >= 15 is 0 Å². The summed E-state index contributed by atoms with van der Waals surface area (Å²) in [7, 11) is 1.62. The van der Waals surface area contributed by atoms with Gasteiger partial charge in [-0.3, -0.25) is 14.9 Å². The lowest BCUT2D eigenvalue weighted by Crippen LogP contribution is -2.29. The van der Waals surface area contributed by atoms with Gasteiger partial charge >= 0.3 is 0 Å². The number of aliphatic hydroxyl groups is 1. The van der Waals surface area contributed by atoms with Gasteiger partial charge in [-0.2, -0.15) is 0 Å². The number of non-ortho nitro benzene ring substituents is 1. The smallest absolute Gasteiger partial charge is 0.269 e. The summed E-state index contributed by atoms with van der Waals surface area (Å²) in [4.78, 5) is 23.8. The Labute approximate surface area is 139 Å². The van der Waals surface area contributed by atoms with Crippen LogP contribution >= 0.6 is 0 Å². The molecule has 0 aliphatic heterocycles. The topological polar surface area (TPSA) is 92.9 Å². The van der Waals surface area contributed by atoms with E-state index in [9.17, 15) is 14.9 Å². The molecule has 0 aliphatic carbocycles. The van der Waals surface area contributed by atoms with Gasteiger partial charge in [-0.1, -0.05) is 12.1 Å². The van der Waals surface area contributed by atoms with Crippen molar-refractivity contribution in [2.75, 3.05) is 20.2 Å². The average molecular weight is 330 g/mol. The predicted octanol–water partition coefficient (Wildman–Crippen LogP) is 2.24. The van der Waals surface area contributed by atoms with Gasteiger partial charge in [0.15, 0.2) is 0 Å². The van der Waals surface area contributed by atoms with E-state index in [1.807, 2.05) is 0 Å². The normalized spacial score (nSPS) is 10.2. The lowest BCUT2D eigenvalue weighted by atomic mass is 10.2. The first kappa shape index (κ1) is 17.4. The Morgan fingerprint density at radius 1 is 1.25 bits per heavy atom. The summed E-state index contributed by atoms with van der Waals surface area (Å²) in [6.07, 6.45) is 0. The Hall–Kier alpha value is -2.93. The third kappa shape index (κ3) is 4.53. The maximum absolute atomic E-state index is 12.0. The number of carbonyl (C=O) groups is 1. The third-order valence-electron chi connectivity index (χ3n) is 3.41. The predicted molar refractivity (Wildman–Crippen MR) is 87.9 cm³/mol. The fourth-order valence-electron chi connectivity index (χ4n) is 2.09. The van der Waals surface area contributed by atoms with Crippen LogP contribution in [0.2, 0.25) is 0 Å². The molecule has 2 rings (SSSR count). The molecule has 0 saturated carbocycles. The largest absolute Gasteiger partial charge is 0.489 e. The van der Waals surface area contributed by atoms with Crippen LogP contribution in [0.3, 0.4) is 0 Å². The fourth-order valence-corrected chi connectivity index (χ4v) is 2.09. The zero-order valence-electron chi connectivity index (χ0n) is 13.2. The number of benzene rings is 2. The molecule has 1 amide bonds. The maximum atomic E-state index is 12.0. The molecule has 0 saturated heterocycles. The number of nitro benzene ring substituents is 1. The van der Waals surface area contributed by atoms with Gasteiger partial charge in [-0.25, -0.2) is 0 Å². The molecule has 126 valence electrons. The molecular formula is C17H18N2O5. The summed E-state index contributed by atoms with van der Waals surface area (Å²) in [6, 6.07) is 12.8. The molecule has 0 unspecified atom stereocenters. The minimum Gasteiger partial charge on any atom is -0.489 e. The minimum atomic E-state index is -0.452. The summed E-state index contributed by atoms with van der Waals surface area (Å²) in [5.41, 5.74) is 1.20. The first-order valence-corrected chi connectivity index (χ1v) is 7.34. The highest BCUT2D eigenvalue weighted by Gasteiger charge is 2.11. The van der Waals surface area contributed by atoms with Gasteiger partial charge in [0.2, 0.25) is 0 Å². The molecular weight excluding hydrogens is 312 g/mol. The number of nitrogens with zero attached hydrogens (tertiary/aromatic N) is 2. The van der Waals surface area contributed by atoms with E-state index in [0.29, 0.717) is 16.9 Å². The van der Waals surface area contributed by atoms with Crippen molar-refractivity contribution in [1.82, 2.24) is 4.90 Å². The molecule has 0 aromatic heterocycles. The van der Waals surface area contributed by atoms with E-state index in [4.69, 9.17) is 9.84 Å². The number of nitro groups is 1. The van der Waals surface area contributed by atoms with Gasteiger partial charge < -0.3 is 14.7 Å². The fraction of sp³-hybridized carbons (Fsp3) is 0.235. The molecule has 2 aromatic rings. The Morgan fingerprint density at radius 3 is 2.58 bits per heavy atom. The van der Waals surface area contributed by atoms with E-state index in [0.717, 1.165) is 0 Å². The zero-order valence-corrected chi connectivity index (χ0v) is 13.2. The van der Waals surface area contributed by atoms with E-state index in [1.54, 1.807) is 43.4 Å². The third-order valence-corrected chi connectivity index (χ3v) is 3.41. The van der Waals surface area contributed by atoms with Gasteiger partial charge in [0.1, 0.15) is 12.4 Å². The van der Waals surface area contributed by atoms with Crippen molar-refractivity contribution >= 4 is 11.6 Å². The Kier molecular flexibility index (Phi) is 5.86. The number of ether oxygens (including phenoxy) is 1. The molecule has 7 heteroatoms. The number of likely N-dealkylation sites (N-methyl/N-ethyl adjacent to an activating group) is 1. The Morgan fingerprint density at radius 2 is 1.96 bits per heavy atom. The number of carbonyl (C=O) groups excluding carboxylic acids is 1. The van der Waals surface area contributed by atoms with Crippen LogP contribution in [0.25, 0.3) is 0 Å². The molecule has 24 heavy (non-hydrogen) atoms. The first-order chi connectivity index (χ1) is 11.5. The molecule has 1 N–H and O–H groups in total. The first-order valence-electron chi connectivity index (χ1n) is 7.34. The monoisotopic (exact) mass is 330 g/mol. The van der Waals surface area contributed by atoms with E-state index in [2.05, 4.69) is 0 Å². The highest BCUT2D eigenvalue weighted by atomic mass is 16.6. The SMILES string of the molecule is CN(CCO)C(=O)c1ccc(OCc2cccc([N+](=O)[O-])c2)cc1. The standard InChI is InChI=1S/C17H18N2O5/c1-18(9-10-20)17(21)14-5-7-16(8-6-14)24-12-13-3-2-4-15(11-13)19(22)23/h2-8,11,20H,9-10,12H2,1H3. The highest BCUT2D eigenvalue weighted by molar-refractivity contribution is 5.94. The van der Waals surface area contributed by atoms with Crippen LogP contribution in [0.5, 0.6) is 5.75 Å². The summed E-state index contributed by atoms with van der Waals surface area (Å²) in [5.74, 6) is 0.372. The lowest BCUT2D eigenvalue weighted by molar-refractivity contribution is -0.384. The molecule has 0 fully saturated rings. The highest BCUT2D eigenvalue weighted by Crippen LogP contribution is 2.17. The van der Waals surface area contributed by atoms with Crippen LogP contribution in [0.4, 0.5) is 5.69 Å². The molecule has 0 heterocycles. The summed E-state index contributed by atoms with van der Waals surface area (Å²) >= 11 is 0. The van der Waals surface area contributed by atoms with Crippen LogP contribution in [0, 0.1) is 10.1 Å². The van der Waals surface area contributed by atoms with Crippen LogP contribution in [0.1, 0.15) is 15.9 Å². The van der Waals surface area contributed by atoms with E-state index in [1.165, 1.54) is 17.0 Å². The van der Waals surface area contributed by atoms with Crippen LogP contribution in [-0.4, -0.2) is 41.0 Å². The average Bonchev–Trinajstić information content (AvgIpc) is 2.60. The molecule has 0 spiro atoms. The number of rotatable bonds is 7. The summed E-state index contributed by atoms with van der Waals surface area (Å²) in [6.45, 7) is 0.371. The quantitative estimate of drug-likeness (QED) is 0.621. The van der Waals surface area contributed by atoms with Crippen molar-refractivity contribution < 1.29 is 19.6 Å².